The molecule has 0 radical (unpaired) electrons. The van der Waals surface area contributed by atoms with Crippen LogP contribution >= 0.6 is 23.4 Å². The van der Waals surface area contributed by atoms with Crippen LogP contribution in [0, 0.1) is 0 Å². The number of H-pyrrole nitrogens is 1. The molecule has 3 aromatic rings. The van der Waals surface area contributed by atoms with E-state index in [1.807, 2.05) is 24.3 Å². The van der Waals surface area contributed by atoms with E-state index in [4.69, 9.17) is 11.6 Å². The third-order valence-electron chi connectivity index (χ3n) is 4.34. The summed E-state index contributed by atoms with van der Waals surface area (Å²) < 4.78 is 0. The van der Waals surface area contributed by atoms with E-state index in [-0.39, 0.29) is 5.56 Å². The highest BCUT2D eigenvalue weighted by Gasteiger charge is 2.19. The Morgan fingerprint density at radius 2 is 1.88 bits per heavy atom. The third-order valence-corrected chi connectivity index (χ3v) is 5.69. The molecular formula is C20H16ClNOS. The van der Waals surface area contributed by atoms with E-state index in [2.05, 4.69) is 29.2 Å². The fraction of sp³-hybridized carbons (Fsp3) is 0.150. The van der Waals surface area contributed by atoms with E-state index >= 15 is 0 Å². The first-order chi connectivity index (χ1) is 11.7. The van der Waals surface area contributed by atoms with Crippen molar-refractivity contribution in [2.75, 3.05) is 0 Å². The van der Waals surface area contributed by atoms with Gasteiger partial charge < -0.3 is 4.98 Å². The highest BCUT2D eigenvalue weighted by atomic mass is 35.5. The number of hydrogen-bond donors (Lipinski definition) is 1. The van der Waals surface area contributed by atoms with Gasteiger partial charge in [-0.05, 0) is 52.8 Å². The molecule has 1 aromatic heterocycles. The fourth-order valence-corrected chi connectivity index (χ4v) is 4.48. The van der Waals surface area contributed by atoms with Crippen LogP contribution in [-0.4, -0.2) is 4.98 Å². The first-order valence-electron chi connectivity index (χ1n) is 7.92. The highest BCUT2D eigenvalue weighted by molar-refractivity contribution is 7.98. The van der Waals surface area contributed by atoms with E-state index in [0.29, 0.717) is 0 Å². The Hall–Kier alpha value is -1.97. The molecule has 1 aliphatic rings. The molecule has 0 bridgehead atoms. The molecule has 0 aliphatic heterocycles. The molecule has 0 unspecified atom stereocenters. The van der Waals surface area contributed by atoms with E-state index in [0.717, 1.165) is 39.8 Å². The monoisotopic (exact) mass is 353 g/mol. The predicted molar refractivity (Wildman–Crippen MR) is 101 cm³/mol. The molecule has 0 fully saturated rings. The number of aromatic nitrogens is 1. The summed E-state index contributed by atoms with van der Waals surface area (Å²) in [5, 5.41) is 1.72. The van der Waals surface area contributed by atoms with Gasteiger partial charge >= 0.3 is 0 Å². The molecule has 2 nitrogen and oxygen atoms in total. The number of aromatic amines is 1. The van der Waals surface area contributed by atoms with Gasteiger partial charge in [0, 0.05) is 16.8 Å². The second kappa shape index (κ2) is 6.50. The molecule has 24 heavy (non-hydrogen) atoms. The Balaban J connectivity index is 1.71. The number of rotatable bonds is 3. The van der Waals surface area contributed by atoms with Crippen LogP contribution in [0.25, 0.3) is 11.1 Å². The van der Waals surface area contributed by atoms with E-state index in [1.54, 1.807) is 17.8 Å². The standard InChI is InChI=1S/C20H16ClNOS/c21-15-6-3-4-13(10-15)12-24-20-17-9-8-14-5-1-2-7-16(14)18(17)11-19(23)22-20/h1-7,10-11H,8-9,12H2,(H,22,23). The molecule has 0 saturated carbocycles. The van der Waals surface area contributed by atoms with Gasteiger partial charge in [-0.2, -0.15) is 0 Å². The second-order valence-electron chi connectivity index (χ2n) is 5.93. The highest BCUT2D eigenvalue weighted by Crippen LogP contribution is 2.37. The quantitative estimate of drug-likeness (QED) is 0.665. The van der Waals surface area contributed by atoms with Crippen molar-refractivity contribution < 1.29 is 0 Å². The van der Waals surface area contributed by atoms with Gasteiger partial charge in [0.15, 0.2) is 0 Å². The molecule has 4 rings (SSSR count). The zero-order valence-electron chi connectivity index (χ0n) is 13.0. The number of benzene rings is 2. The molecule has 0 atom stereocenters. The SMILES string of the molecule is O=c1cc2c(c(SCc3cccc(Cl)c3)[nH]1)CCc1ccccc1-2. The number of hydrogen-bond acceptors (Lipinski definition) is 2. The van der Waals surface area contributed by atoms with Crippen LogP contribution < -0.4 is 5.56 Å². The summed E-state index contributed by atoms with van der Waals surface area (Å²) >= 11 is 7.73. The maximum Gasteiger partial charge on any atom is 0.249 e. The predicted octanol–water partition coefficient (Wildman–Crippen LogP) is 5.09. The molecule has 2 aromatic carbocycles. The molecule has 1 heterocycles. The largest absolute Gasteiger partial charge is 0.317 e. The van der Waals surface area contributed by atoms with Crippen LogP contribution in [0.5, 0.6) is 0 Å². The topological polar surface area (TPSA) is 32.9 Å². The minimum atomic E-state index is -0.0425. The number of nitrogens with one attached hydrogen (secondary N) is 1. The van der Waals surface area contributed by atoms with Gasteiger partial charge in [0.2, 0.25) is 5.56 Å². The summed E-state index contributed by atoms with van der Waals surface area (Å²) in [4.78, 5) is 15.2. The van der Waals surface area contributed by atoms with Gasteiger partial charge in [0.25, 0.3) is 0 Å². The average Bonchev–Trinajstić information content (AvgIpc) is 2.59. The zero-order valence-corrected chi connectivity index (χ0v) is 14.6. The second-order valence-corrected chi connectivity index (χ2v) is 7.35. The first-order valence-corrected chi connectivity index (χ1v) is 9.29. The minimum Gasteiger partial charge on any atom is -0.317 e. The van der Waals surface area contributed by atoms with Crippen LogP contribution in [0.15, 0.2) is 64.4 Å². The molecule has 0 amide bonds. The number of pyridine rings is 1. The number of halogens is 1. The number of thioether (sulfide) groups is 1. The maximum absolute atomic E-state index is 12.1. The molecular weight excluding hydrogens is 338 g/mol. The van der Waals surface area contributed by atoms with Crippen molar-refractivity contribution in [1.82, 2.24) is 4.98 Å². The fourth-order valence-electron chi connectivity index (χ4n) is 3.22. The normalized spacial score (nSPS) is 12.5. The third kappa shape index (κ3) is 3.02. The lowest BCUT2D eigenvalue weighted by Crippen LogP contribution is -2.14. The molecule has 120 valence electrons. The van der Waals surface area contributed by atoms with Crippen molar-refractivity contribution in [2.24, 2.45) is 0 Å². The summed E-state index contributed by atoms with van der Waals surface area (Å²) in [7, 11) is 0. The van der Waals surface area contributed by atoms with Crippen molar-refractivity contribution >= 4 is 23.4 Å². The van der Waals surface area contributed by atoms with Crippen molar-refractivity contribution in [3.8, 4) is 11.1 Å². The van der Waals surface area contributed by atoms with Crippen molar-refractivity contribution in [2.45, 2.75) is 23.6 Å². The summed E-state index contributed by atoms with van der Waals surface area (Å²) in [5.74, 6) is 0.786. The van der Waals surface area contributed by atoms with Gasteiger partial charge in [-0.25, -0.2) is 0 Å². The van der Waals surface area contributed by atoms with Crippen molar-refractivity contribution in [3.05, 3.63) is 86.7 Å². The lowest BCUT2D eigenvalue weighted by molar-refractivity contribution is 0.877. The van der Waals surface area contributed by atoms with E-state index in [9.17, 15) is 4.79 Å². The Bertz CT molecular complexity index is 964. The summed E-state index contributed by atoms with van der Waals surface area (Å²) in [6, 6.07) is 17.9. The van der Waals surface area contributed by atoms with Gasteiger partial charge in [-0.1, -0.05) is 48.0 Å². The lowest BCUT2D eigenvalue weighted by Gasteiger charge is -2.21. The van der Waals surface area contributed by atoms with Crippen LogP contribution in [-0.2, 0) is 18.6 Å². The number of aryl methyl sites for hydroxylation is 1. The van der Waals surface area contributed by atoms with E-state index < -0.39 is 0 Å². The lowest BCUT2D eigenvalue weighted by atomic mass is 9.87. The average molecular weight is 354 g/mol. The number of fused-ring (bicyclic) bond motifs is 3. The Morgan fingerprint density at radius 3 is 2.75 bits per heavy atom. The smallest absolute Gasteiger partial charge is 0.249 e. The summed E-state index contributed by atoms with van der Waals surface area (Å²) in [6.45, 7) is 0. The Morgan fingerprint density at radius 1 is 1.00 bits per heavy atom. The first kappa shape index (κ1) is 15.6. The summed E-state index contributed by atoms with van der Waals surface area (Å²) in [5.41, 5.74) is 5.95. The van der Waals surface area contributed by atoms with Crippen LogP contribution in [0.2, 0.25) is 5.02 Å². The van der Waals surface area contributed by atoms with Crippen LogP contribution in [0.3, 0.4) is 0 Å². The zero-order chi connectivity index (χ0) is 16.5. The van der Waals surface area contributed by atoms with Gasteiger partial charge in [0.05, 0.1) is 5.03 Å². The van der Waals surface area contributed by atoms with Crippen molar-refractivity contribution in [3.63, 3.8) is 0 Å². The minimum absolute atomic E-state index is 0.0425. The molecule has 0 saturated heterocycles. The maximum atomic E-state index is 12.1. The van der Waals surface area contributed by atoms with E-state index in [1.165, 1.54) is 16.7 Å². The summed E-state index contributed by atoms with van der Waals surface area (Å²) in [6.07, 6.45) is 1.97. The van der Waals surface area contributed by atoms with Crippen LogP contribution in [0.4, 0.5) is 0 Å². The Labute approximate surface area is 149 Å². The van der Waals surface area contributed by atoms with Gasteiger partial charge in [0.1, 0.15) is 0 Å². The molecule has 4 heteroatoms. The van der Waals surface area contributed by atoms with Crippen LogP contribution in [0.1, 0.15) is 16.7 Å². The molecule has 1 aliphatic carbocycles. The Kier molecular flexibility index (Phi) is 4.21. The van der Waals surface area contributed by atoms with Crippen molar-refractivity contribution in [1.29, 1.82) is 0 Å². The molecule has 0 spiro atoms. The van der Waals surface area contributed by atoms with Gasteiger partial charge in [-0.3, -0.25) is 4.79 Å². The van der Waals surface area contributed by atoms with Gasteiger partial charge in [-0.15, -0.1) is 11.8 Å². The molecule has 1 N–H and O–H groups in total.